The third-order valence-corrected chi connectivity index (χ3v) is 4.08. The summed E-state index contributed by atoms with van der Waals surface area (Å²) in [5.74, 6) is 0.0342. The van der Waals surface area contributed by atoms with Crippen LogP contribution in [0.5, 0.6) is 0 Å². The minimum atomic E-state index is -0.793. The van der Waals surface area contributed by atoms with E-state index in [1.165, 1.54) is 12.4 Å². The van der Waals surface area contributed by atoms with Crippen molar-refractivity contribution in [3.8, 4) is 0 Å². The van der Waals surface area contributed by atoms with E-state index in [9.17, 15) is 9.59 Å². The monoisotopic (exact) mass is 395 g/mol. The Hall–Kier alpha value is -2.78. The Morgan fingerprint density at radius 3 is 2.81 bits per heavy atom. The van der Waals surface area contributed by atoms with E-state index in [0.29, 0.717) is 11.5 Å². The van der Waals surface area contributed by atoms with Crippen LogP contribution in [0.25, 0.3) is 11.0 Å². The van der Waals surface area contributed by atoms with Crippen LogP contribution in [0.15, 0.2) is 29.5 Å². The summed E-state index contributed by atoms with van der Waals surface area (Å²) >= 11 is 6.23. The molecule has 0 aromatic carbocycles. The summed E-state index contributed by atoms with van der Waals surface area (Å²) in [6, 6.07) is 3.21. The third kappa shape index (κ3) is 2.85. The lowest BCUT2D eigenvalue weighted by molar-refractivity contribution is 0.0885. The second-order valence-corrected chi connectivity index (χ2v) is 6.58. The number of fused-ring (bicyclic) bond motifs is 2. The normalized spacial score (nSPS) is 14.8. The highest BCUT2D eigenvalue weighted by Gasteiger charge is 2.32. The number of hydrogen-bond acceptors (Lipinski definition) is 6. The fourth-order valence-electron chi connectivity index (χ4n) is 2.74. The van der Waals surface area contributed by atoms with Crippen LogP contribution in [0.1, 0.15) is 24.3 Å². The lowest BCUT2D eigenvalue weighted by Gasteiger charge is -2.35. The second-order valence-electron chi connectivity index (χ2n) is 6.17. The molecule has 0 radical (unpaired) electrons. The number of pyridine rings is 1. The molecule has 3 aromatic rings. The lowest BCUT2D eigenvalue weighted by atomic mass is 10.2. The van der Waals surface area contributed by atoms with Crippen LogP contribution in [0.2, 0.25) is 5.02 Å². The number of aromatic amines is 1. The first-order valence-corrected chi connectivity index (χ1v) is 7.85. The molecule has 0 unspecified atom stereocenters. The molecule has 0 bridgehead atoms. The van der Waals surface area contributed by atoms with Crippen LogP contribution < -0.4 is 21.6 Å². The van der Waals surface area contributed by atoms with E-state index in [4.69, 9.17) is 11.6 Å². The summed E-state index contributed by atoms with van der Waals surface area (Å²) in [5, 5.41) is 6.57. The molecule has 26 heavy (non-hydrogen) atoms. The summed E-state index contributed by atoms with van der Waals surface area (Å²) in [5.41, 5.74) is 2.60. The molecule has 1 amide bonds. The Labute approximate surface area is 158 Å². The smallest absolute Gasteiger partial charge is 0.293 e. The summed E-state index contributed by atoms with van der Waals surface area (Å²) in [7, 11) is 0. The van der Waals surface area contributed by atoms with Crippen LogP contribution >= 0.6 is 24.0 Å². The highest BCUT2D eigenvalue weighted by atomic mass is 35.5. The number of halogens is 2. The van der Waals surface area contributed by atoms with E-state index >= 15 is 0 Å². The van der Waals surface area contributed by atoms with Gasteiger partial charge in [-0.15, -0.1) is 12.4 Å². The van der Waals surface area contributed by atoms with Crippen molar-refractivity contribution >= 4 is 52.5 Å². The molecule has 0 spiro atoms. The molecule has 136 valence electrons. The van der Waals surface area contributed by atoms with Crippen molar-refractivity contribution in [2.24, 2.45) is 0 Å². The van der Waals surface area contributed by atoms with E-state index < -0.39 is 17.1 Å². The molecule has 1 aliphatic heterocycles. The van der Waals surface area contributed by atoms with Crippen LogP contribution in [-0.2, 0) is 0 Å². The number of carbonyl (C=O) groups is 1. The number of nitrogens with one attached hydrogen (secondary N) is 4. The Bertz CT molecular complexity index is 1070. The first-order chi connectivity index (χ1) is 11.9. The van der Waals surface area contributed by atoms with Crippen molar-refractivity contribution in [2.45, 2.75) is 19.5 Å². The number of aromatic nitrogens is 4. The maximum atomic E-state index is 12.8. The maximum Gasteiger partial charge on any atom is 0.293 e. The van der Waals surface area contributed by atoms with Crippen LogP contribution in [-0.4, -0.2) is 31.2 Å². The van der Waals surface area contributed by atoms with Gasteiger partial charge < -0.3 is 15.6 Å². The van der Waals surface area contributed by atoms with Crippen molar-refractivity contribution in [1.82, 2.24) is 24.9 Å². The van der Waals surface area contributed by atoms with Gasteiger partial charge in [0.15, 0.2) is 0 Å². The number of anilines is 2. The number of carbonyl (C=O) groups excluding carboxylic acids is 1. The topological polar surface area (TPSA) is 117 Å². The van der Waals surface area contributed by atoms with Crippen molar-refractivity contribution in [3.63, 3.8) is 0 Å². The summed E-state index contributed by atoms with van der Waals surface area (Å²) in [4.78, 5) is 36.3. The van der Waals surface area contributed by atoms with Gasteiger partial charge in [-0.1, -0.05) is 11.6 Å². The molecule has 11 heteroatoms. The Balaban J connectivity index is 0.00000196. The molecule has 9 nitrogen and oxygen atoms in total. The lowest BCUT2D eigenvalue weighted by Crippen LogP contribution is -2.60. The largest absolute Gasteiger partial charge is 0.346 e. The number of rotatable bonds is 2. The van der Waals surface area contributed by atoms with Crippen LogP contribution in [0.4, 0.5) is 11.5 Å². The van der Waals surface area contributed by atoms with E-state index in [2.05, 4.69) is 31.0 Å². The van der Waals surface area contributed by atoms with Gasteiger partial charge in [0.25, 0.3) is 11.5 Å². The molecule has 0 atom stereocenters. The van der Waals surface area contributed by atoms with E-state index in [1.54, 1.807) is 26.1 Å². The van der Waals surface area contributed by atoms with Crippen LogP contribution in [0.3, 0.4) is 0 Å². The average Bonchev–Trinajstić information content (AvgIpc) is 3.00. The maximum absolute atomic E-state index is 12.8. The summed E-state index contributed by atoms with van der Waals surface area (Å²) in [6.07, 6.45) is 3.11. The zero-order valence-electron chi connectivity index (χ0n) is 13.8. The third-order valence-electron chi connectivity index (χ3n) is 3.79. The summed E-state index contributed by atoms with van der Waals surface area (Å²) < 4.78 is 1.15. The van der Waals surface area contributed by atoms with Gasteiger partial charge in [0.05, 0.1) is 10.4 Å². The number of H-pyrrole nitrogens is 1. The molecule has 1 aliphatic rings. The quantitative estimate of drug-likeness (QED) is 0.526. The van der Waals surface area contributed by atoms with Gasteiger partial charge >= 0.3 is 0 Å². The first-order valence-electron chi connectivity index (χ1n) is 7.47. The highest BCUT2D eigenvalue weighted by molar-refractivity contribution is 6.34. The van der Waals surface area contributed by atoms with Gasteiger partial charge in [-0.25, -0.2) is 14.6 Å². The van der Waals surface area contributed by atoms with E-state index in [1.807, 2.05) is 0 Å². The number of hydrogen-bond donors (Lipinski definition) is 4. The van der Waals surface area contributed by atoms with Crippen molar-refractivity contribution in [1.29, 1.82) is 0 Å². The molecule has 0 saturated heterocycles. The Morgan fingerprint density at radius 1 is 1.27 bits per heavy atom. The van der Waals surface area contributed by atoms with Gasteiger partial charge in [-0.2, -0.15) is 0 Å². The van der Waals surface area contributed by atoms with Gasteiger partial charge in [0.1, 0.15) is 34.8 Å². The Kier molecular flexibility index (Phi) is 4.29. The fraction of sp³-hybridized carbons (Fsp3) is 0.200. The molecule has 3 aromatic heterocycles. The van der Waals surface area contributed by atoms with Crippen molar-refractivity contribution in [3.05, 3.63) is 45.7 Å². The van der Waals surface area contributed by atoms with Gasteiger partial charge in [-0.3, -0.25) is 15.0 Å². The second kappa shape index (κ2) is 6.19. The first kappa shape index (κ1) is 18.0. The molecular formula is C15H15Cl2N7O2. The molecule has 4 rings (SSSR count). The predicted molar refractivity (Wildman–Crippen MR) is 101 cm³/mol. The van der Waals surface area contributed by atoms with E-state index in [0.717, 1.165) is 10.1 Å². The average molecular weight is 396 g/mol. The van der Waals surface area contributed by atoms with Gasteiger partial charge in [0, 0.05) is 6.20 Å². The van der Waals surface area contributed by atoms with Crippen molar-refractivity contribution in [2.75, 3.05) is 10.7 Å². The summed E-state index contributed by atoms with van der Waals surface area (Å²) in [6.45, 7) is 3.48. The predicted octanol–water partition coefficient (Wildman–Crippen LogP) is 1.96. The zero-order valence-corrected chi connectivity index (χ0v) is 15.3. The highest BCUT2D eigenvalue weighted by Crippen LogP contribution is 2.25. The molecule has 4 N–H and O–H groups in total. The number of nitrogens with zero attached hydrogens (tertiary/aromatic N) is 3. The SMILES string of the molecule is CC1(C)NC(=O)c2c(Cl)cc(Nc3ncnc4[nH]ccc34)c(=O)n2N1.Cl. The molecule has 4 heterocycles. The van der Waals surface area contributed by atoms with Crippen molar-refractivity contribution < 1.29 is 4.79 Å². The standard InChI is InChI=1S/C15H14ClN7O2.ClH/c1-15(2)21-13(24)10-8(16)5-9(14(25)23(10)22-15)20-12-7-3-4-17-11(7)18-6-19-12;/h3-6,22H,1-2H3,(H,21,24)(H2,17,18,19,20);1H. The van der Waals surface area contributed by atoms with E-state index in [-0.39, 0.29) is 28.8 Å². The minimum Gasteiger partial charge on any atom is -0.346 e. The molecule has 0 aliphatic carbocycles. The molecule has 0 fully saturated rings. The van der Waals surface area contributed by atoms with Crippen LogP contribution in [0, 0.1) is 0 Å². The Morgan fingerprint density at radius 2 is 2.04 bits per heavy atom. The molecular weight excluding hydrogens is 381 g/mol. The number of amides is 1. The zero-order chi connectivity index (χ0) is 17.8. The molecule has 0 saturated carbocycles. The minimum absolute atomic E-state index is 0. The van der Waals surface area contributed by atoms with Gasteiger partial charge in [-0.05, 0) is 26.0 Å². The fourth-order valence-corrected chi connectivity index (χ4v) is 3.02. The van der Waals surface area contributed by atoms with Gasteiger partial charge in [0.2, 0.25) is 0 Å².